The monoisotopic (exact) mass is 453 g/mol. The summed E-state index contributed by atoms with van der Waals surface area (Å²) < 4.78 is 33.1. The number of likely N-dealkylation sites (tertiary alicyclic amines) is 1. The Morgan fingerprint density at radius 1 is 1.36 bits per heavy atom. The van der Waals surface area contributed by atoms with Crippen LogP contribution in [0.4, 0.5) is 14.5 Å². The number of benzene rings is 1. The fraction of sp³-hybridized carbons (Fsp3) is 0.304. The van der Waals surface area contributed by atoms with Gasteiger partial charge in [-0.2, -0.15) is 5.26 Å². The topological polar surface area (TPSA) is 107 Å². The van der Waals surface area contributed by atoms with Gasteiger partial charge in [-0.25, -0.2) is 8.78 Å². The van der Waals surface area contributed by atoms with Gasteiger partial charge in [-0.3, -0.25) is 14.6 Å². The largest absolute Gasteiger partial charge is 0.482 e. The summed E-state index contributed by atoms with van der Waals surface area (Å²) in [6.45, 7) is -0.781. The van der Waals surface area contributed by atoms with E-state index in [0.717, 1.165) is 16.3 Å². The molecule has 2 N–H and O–H groups in total. The molecular formula is C23H21F2N5O3. The van der Waals surface area contributed by atoms with Crippen molar-refractivity contribution < 1.29 is 23.1 Å². The summed E-state index contributed by atoms with van der Waals surface area (Å²) in [5, 5.41) is 14.8. The second-order valence-electron chi connectivity index (χ2n) is 7.76. The number of nitrogens with one attached hydrogen (secondary N) is 2. The van der Waals surface area contributed by atoms with Crippen LogP contribution in [0.2, 0.25) is 0 Å². The SMILES string of the molecule is N#C[C@@H]1CC(F)(F)CN1C(=O)CNC(=O)c1ccncc1/C=C/C1CNc2ccccc2O1. The average molecular weight is 453 g/mol. The van der Waals surface area contributed by atoms with Crippen LogP contribution in [0.1, 0.15) is 22.3 Å². The highest BCUT2D eigenvalue weighted by Gasteiger charge is 2.47. The van der Waals surface area contributed by atoms with Crippen LogP contribution in [-0.4, -0.2) is 59.4 Å². The first-order valence-corrected chi connectivity index (χ1v) is 10.3. The van der Waals surface area contributed by atoms with Gasteiger partial charge in [0.15, 0.2) is 0 Å². The molecule has 0 aliphatic carbocycles. The van der Waals surface area contributed by atoms with Crippen molar-refractivity contribution in [2.75, 3.05) is 25.0 Å². The molecule has 2 aliphatic rings. The van der Waals surface area contributed by atoms with E-state index in [-0.39, 0.29) is 11.7 Å². The van der Waals surface area contributed by atoms with Gasteiger partial charge in [-0.05, 0) is 24.3 Å². The highest BCUT2D eigenvalue weighted by molar-refractivity contribution is 5.99. The number of nitriles is 1. The summed E-state index contributed by atoms with van der Waals surface area (Å²) in [5.74, 6) is -3.68. The van der Waals surface area contributed by atoms with E-state index in [1.807, 2.05) is 24.3 Å². The summed E-state index contributed by atoms with van der Waals surface area (Å²) in [6, 6.07) is 9.56. The zero-order valence-electron chi connectivity index (χ0n) is 17.5. The highest BCUT2D eigenvalue weighted by Crippen LogP contribution is 2.31. The molecule has 2 aromatic rings. The summed E-state index contributed by atoms with van der Waals surface area (Å²) in [6.07, 6.45) is 5.48. The molecule has 0 saturated carbocycles. The molecule has 1 unspecified atom stereocenters. The van der Waals surface area contributed by atoms with Gasteiger partial charge in [0.05, 0.1) is 31.4 Å². The van der Waals surface area contributed by atoms with Gasteiger partial charge in [0.2, 0.25) is 5.91 Å². The van der Waals surface area contributed by atoms with Gasteiger partial charge in [-0.15, -0.1) is 0 Å². The van der Waals surface area contributed by atoms with Crippen LogP contribution in [0.25, 0.3) is 6.08 Å². The van der Waals surface area contributed by atoms with Crippen molar-refractivity contribution in [3.63, 3.8) is 0 Å². The van der Waals surface area contributed by atoms with Gasteiger partial charge in [-0.1, -0.05) is 18.2 Å². The number of ether oxygens (including phenoxy) is 1. The fourth-order valence-electron chi connectivity index (χ4n) is 3.74. The third-order valence-electron chi connectivity index (χ3n) is 5.39. The normalized spacial score (nSPS) is 20.9. The predicted octanol–water partition coefficient (Wildman–Crippen LogP) is 2.46. The molecule has 0 spiro atoms. The number of pyridine rings is 1. The first-order valence-electron chi connectivity index (χ1n) is 10.3. The van der Waals surface area contributed by atoms with Crippen LogP contribution in [0.5, 0.6) is 5.75 Å². The lowest BCUT2D eigenvalue weighted by molar-refractivity contribution is -0.131. The zero-order chi connectivity index (χ0) is 23.4. The van der Waals surface area contributed by atoms with Gasteiger partial charge >= 0.3 is 0 Å². The van der Waals surface area contributed by atoms with Crippen molar-refractivity contribution >= 4 is 23.6 Å². The smallest absolute Gasteiger partial charge is 0.268 e. The molecule has 2 amide bonds. The molecule has 2 aliphatic heterocycles. The average Bonchev–Trinajstić information content (AvgIpc) is 3.15. The number of anilines is 1. The lowest BCUT2D eigenvalue weighted by atomic mass is 10.1. The van der Waals surface area contributed by atoms with Crippen molar-refractivity contribution in [1.29, 1.82) is 5.26 Å². The number of rotatable bonds is 5. The Bertz CT molecular complexity index is 1130. The van der Waals surface area contributed by atoms with Crippen LogP contribution < -0.4 is 15.4 Å². The Hall–Kier alpha value is -4.00. The summed E-state index contributed by atoms with van der Waals surface area (Å²) >= 11 is 0. The first kappa shape index (κ1) is 22.2. The maximum absolute atomic E-state index is 13.6. The second kappa shape index (κ2) is 9.24. The Balaban J connectivity index is 1.39. The van der Waals surface area contributed by atoms with E-state index in [1.54, 1.807) is 18.2 Å². The number of halogens is 2. The molecule has 1 aromatic heterocycles. The van der Waals surface area contributed by atoms with Gasteiger partial charge in [0.1, 0.15) is 17.9 Å². The maximum Gasteiger partial charge on any atom is 0.268 e. The van der Waals surface area contributed by atoms with Gasteiger partial charge in [0, 0.05) is 29.9 Å². The van der Waals surface area contributed by atoms with Crippen molar-refractivity contribution in [1.82, 2.24) is 15.2 Å². The van der Waals surface area contributed by atoms with Crippen LogP contribution in [0.3, 0.4) is 0 Å². The molecule has 33 heavy (non-hydrogen) atoms. The number of para-hydroxylation sites is 2. The second-order valence-corrected chi connectivity index (χ2v) is 7.76. The molecule has 0 radical (unpaired) electrons. The predicted molar refractivity (Wildman–Crippen MR) is 116 cm³/mol. The lowest BCUT2D eigenvalue weighted by Crippen LogP contribution is -2.43. The van der Waals surface area contributed by atoms with Crippen LogP contribution in [-0.2, 0) is 4.79 Å². The van der Waals surface area contributed by atoms with Gasteiger partial charge < -0.3 is 20.3 Å². The van der Waals surface area contributed by atoms with E-state index in [2.05, 4.69) is 15.6 Å². The van der Waals surface area contributed by atoms with E-state index in [0.29, 0.717) is 12.1 Å². The number of fused-ring (bicyclic) bond motifs is 1. The standard InChI is InChI=1S/C23H21F2N5O3/c24-23(25)9-16(10-26)30(14-23)21(31)13-29-22(32)18-7-8-27-11-15(18)5-6-17-12-28-19-3-1-2-4-20(19)33-17/h1-8,11,16-17,28H,9,12-14H2,(H,29,32)/b6-5+/t16-,17?/m0/s1. The molecule has 1 saturated heterocycles. The summed E-state index contributed by atoms with van der Waals surface area (Å²) in [5.41, 5.74) is 1.68. The maximum atomic E-state index is 13.6. The number of aromatic nitrogens is 1. The van der Waals surface area contributed by atoms with Crippen LogP contribution >= 0.6 is 0 Å². The van der Waals surface area contributed by atoms with Crippen LogP contribution in [0.15, 0.2) is 48.8 Å². The first-order chi connectivity index (χ1) is 15.9. The Labute approximate surface area is 188 Å². The minimum absolute atomic E-state index is 0.266. The highest BCUT2D eigenvalue weighted by atomic mass is 19.3. The number of amides is 2. The van der Waals surface area contributed by atoms with E-state index in [4.69, 9.17) is 10.00 Å². The molecule has 8 nitrogen and oxygen atoms in total. The fourth-order valence-corrected chi connectivity index (χ4v) is 3.74. The minimum atomic E-state index is -3.11. The number of carbonyl (C=O) groups excluding carboxylic acids is 2. The van der Waals surface area contributed by atoms with Crippen molar-refractivity contribution in [2.24, 2.45) is 0 Å². The Morgan fingerprint density at radius 2 is 2.18 bits per heavy atom. The molecule has 10 heteroatoms. The van der Waals surface area contributed by atoms with Crippen LogP contribution in [0, 0.1) is 11.3 Å². The van der Waals surface area contributed by atoms with Crippen molar-refractivity contribution in [3.8, 4) is 11.8 Å². The Morgan fingerprint density at radius 3 is 3.00 bits per heavy atom. The van der Waals surface area contributed by atoms with Crippen molar-refractivity contribution in [2.45, 2.75) is 24.5 Å². The van der Waals surface area contributed by atoms with Gasteiger partial charge in [0.25, 0.3) is 11.8 Å². The molecule has 1 aromatic carbocycles. The minimum Gasteiger partial charge on any atom is -0.482 e. The zero-order valence-corrected chi connectivity index (χ0v) is 17.5. The van der Waals surface area contributed by atoms with E-state index in [9.17, 15) is 18.4 Å². The van der Waals surface area contributed by atoms with E-state index < -0.39 is 43.3 Å². The lowest BCUT2D eigenvalue weighted by Gasteiger charge is -2.25. The molecule has 3 heterocycles. The summed E-state index contributed by atoms with van der Waals surface area (Å²) in [7, 11) is 0. The van der Waals surface area contributed by atoms with E-state index >= 15 is 0 Å². The number of hydrogen-bond acceptors (Lipinski definition) is 6. The quantitative estimate of drug-likeness (QED) is 0.720. The molecular weight excluding hydrogens is 432 g/mol. The van der Waals surface area contributed by atoms with Crippen molar-refractivity contribution in [3.05, 3.63) is 59.9 Å². The number of hydrogen-bond donors (Lipinski definition) is 2. The number of nitrogens with zero attached hydrogens (tertiary/aromatic N) is 3. The Kier molecular flexibility index (Phi) is 6.22. The molecule has 170 valence electrons. The molecule has 0 bridgehead atoms. The molecule has 2 atom stereocenters. The summed E-state index contributed by atoms with van der Waals surface area (Å²) in [4.78, 5) is 29.9. The third kappa shape index (κ3) is 5.09. The third-order valence-corrected chi connectivity index (χ3v) is 5.39. The van der Waals surface area contributed by atoms with E-state index in [1.165, 1.54) is 18.5 Å². The number of carbonyl (C=O) groups is 2. The molecule has 4 rings (SSSR count). The molecule has 1 fully saturated rings. The number of alkyl halides is 2.